The van der Waals surface area contributed by atoms with Crippen LogP contribution in [0.25, 0.3) is 32.8 Å². The molecular formula is C26H25NO. The molecule has 0 N–H and O–H groups in total. The minimum absolute atomic E-state index is 0.690. The van der Waals surface area contributed by atoms with Gasteiger partial charge in [-0.1, -0.05) is 49.4 Å². The molecule has 0 saturated carbocycles. The summed E-state index contributed by atoms with van der Waals surface area (Å²) >= 11 is 0. The quantitative estimate of drug-likeness (QED) is 0.382. The van der Waals surface area contributed by atoms with Crippen LogP contribution < -0.4 is 4.74 Å². The second-order valence-electron chi connectivity index (χ2n) is 7.90. The maximum atomic E-state index is 5.67. The molecule has 1 aliphatic carbocycles. The third-order valence-corrected chi connectivity index (χ3v) is 5.95. The van der Waals surface area contributed by atoms with Gasteiger partial charge in [0.2, 0.25) is 0 Å². The van der Waals surface area contributed by atoms with E-state index in [1.54, 1.807) is 0 Å². The SMILES string of the molecule is CCOc1ccc(-c2c3c(nc4ccc5ccccc5c24)CC(C)CC3)cc1. The Bertz CT molecular complexity index is 1160. The van der Waals surface area contributed by atoms with Crippen molar-refractivity contribution in [2.45, 2.75) is 33.1 Å². The smallest absolute Gasteiger partial charge is 0.119 e. The summed E-state index contributed by atoms with van der Waals surface area (Å²) in [7, 11) is 0. The van der Waals surface area contributed by atoms with Gasteiger partial charge in [-0.15, -0.1) is 0 Å². The predicted octanol–water partition coefficient (Wildman–Crippen LogP) is 6.58. The summed E-state index contributed by atoms with van der Waals surface area (Å²) in [6.45, 7) is 5.05. The molecule has 140 valence electrons. The van der Waals surface area contributed by atoms with Crippen LogP contribution >= 0.6 is 0 Å². The van der Waals surface area contributed by atoms with E-state index in [2.05, 4.69) is 67.6 Å². The Morgan fingerprint density at radius 1 is 1.00 bits per heavy atom. The minimum Gasteiger partial charge on any atom is -0.494 e. The third kappa shape index (κ3) is 2.84. The molecule has 0 amide bonds. The number of hydrogen-bond acceptors (Lipinski definition) is 2. The summed E-state index contributed by atoms with van der Waals surface area (Å²) in [4.78, 5) is 5.12. The minimum atomic E-state index is 0.690. The summed E-state index contributed by atoms with van der Waals surface area (Å²) < 4.78 is 5.67. The number of rotatable bonds is 3. The van der Waals surface area contributed by atoms with Crippen LogP contribution in [0.4, 0.5) is 0 Å². The molecule has 5 rings (SSSR count). The van der Waals surface area contributed by atoms with E-state index in [4.69, 9.17) is 9.72 Å². The van der Waals surface area contributed by atoms with E-state index in [0.29, 0.717) is 12.5 Å². The zero-order valence-corrected chi connectivity index (χ0v) is 16.5. The van der Waals surface area contributed by atoms with Crippen LogP contribution in [0.15, 0.2) is 60.7 Å². The zero-order valence-electron chi connectivity index (χ0n) is 16.5. The molecule has 4 aromatic rings. The number of aromatic nitrogens is 1. The molecule has 0 saturated heterocycles. The summed E-state index contributed by atoms with van der Waals surface area (Å²) in [5.74, 6) is 1.63. The fraction of sp³-hybridized carbons (Fsp3) is 0.269. The van der Waals surface area contributed by atoms with Gasteiger partial charge in [0, 0.05) is 11.1 Å². The van der Waals surface area contributed by atoms with Crippen molar-refractivity contribution in [3.05, 3.63) is 71.9 Å². The van der Waals surface area contributed by atoms with E-state index in [1.165, 1.54) is 45.0 Å². The van der Waals surface area contributed by atoms with Crippen LogP contribution in [-0.4, -0.2) is 11.6 Å². The molecule has 1 aliphatic rings. The molecular weight excluding hydrogens is 342 g/mol. The van der Waals surface area contributed by atoms with Crippen LogP contribution in [0.2, 0.25) is 0 Å². The van der Waals surface area contributed by atoms with Gasteiger partial charge in [0.15, 0.2) is 0 Å². The van der Waals surface area contributed by atoms with Crippen molar-refractivity contribution in [1.82, 2.24) is 4.98 Å². The molecule has 28 heavy (non-hydrogen) atoms. The molecule has 2 nitrogen and oxygen atoms in total. The lowest BCUT2D eigenvalue weighted by molar-refractivity contribution is 0.340. The molecule has 0 radical (unpaired) electrons. The molecule has 0 bridgehead atoms. The highest BCUT2D eigenvalue weighted by Crippen LogP contribution is 2.41. The predicted molar refractivity (Wildman–Crippen MR) is 117 cm³/mol. The molecule has 2 heteroatoms. The Morgan fingerprint density at radius 2 is 1.82 bits per heavy atom. The van der Waals surface area contributed by atoms with Crippen LogP contribution in [0.5, 0.6) is 5.75 Å². The van der Waals surface area contributed by atoms with Gasteiger partial charge in [0.25, 0.3) is 0 Å². The van der Waals surface area contributed by atoms with Crippen molar-refractivity contribution in [2.24, 2.45) is 5.92 Å². The second kappa shape index (κ2) is 6.94. The van der Waals surface area contributed by atoms with Crippen LogP contribution in [0, 0.1) is 5.92 Å². The van der Waals surface area contributed by atoms with Gasteiger partial charge in [-0.05, 0) is 77.8 Å². The molecule has 1 atom stereocenters. The average Bonchev–Trinajstić information content (AvgIpc) is 2.73. The van der Waals surface area contributed by atoms with Crippen LogP contribution in [-0.2, 0) is 12.8 Å². The highest BCUT2D eigenvalue weighted by Gasteiger charge is 2.23. The Hall–Kier alpha value is -2.87. The molecule has 0 fully saturated rings. The summed E-state index contributed by atoms with van der Waals surface area (Å²) in [5.41, 5.74) is 6.46. The van der Waals surface area contributed by atoms with E-state index >= 15 is 0 Å². The van der Waals surface area contributed by atoms with Crippen molar-refractivity contribution in [3.63, 3.8) is 0 Å². The highest BCUT2D eigenvalue weighted by atomic mass is 16.5. The first-order valence-electron chi connectivity index (χ1n) is 10.3. The van der Waals surface area contributed by atoms with E-state index in [-0.39, 0.29) is 0 Å². The topological polar surface area (TPSA) is 22.1 Å². The summed E-state index contributed by atoms with van der Waals surface area (Å²) in [5, 5.41) is 3.85. The Balaban J connectivity index is 1.84. The highest BCUT2D eigenvalue weighted by molar-refractivity contribution is 6.14. The lowest BCUT2D eigenvalue weighted by Crippen LogP contribution is -2.14. The first-order valence-corrected chi connectivity index (χ1v) is 10.3. The Kier molecular flexibility index (Phi) is 4.27. The van der Waals surface area contributed by atoms with Gasteiger partial charge >= 0.3 is 0 Å². The van der Waals surface area contributed by atoms with Gasteiger partial charge < -0.3 is 4.74 Å². The molecule has 1 heterocycles. The van der Waals surface area contributed by atoms with Gasteiger partial charge in [-0.25, -0.2) is 0 Å². The number of fused-ring (bicyclic) bond motifs is 4. The fourth-order valence-corrected chi connectivity index (χ4v) is 4.59. The lowest BCUT2D eigenvalue weighted by Gasteiger charge is -2.25. The largest absolute Gasteiger partial charge is 0.494 e. The van der Waals surface area contributed by atoms with Gasteiger partial charge in [0.05, 0.1) is 12.1 Å². The number of nitrogens with zero attached hydrogens (tertiary/aromatic N) is 1. The maximum absolute atomic E-state index is 5.67. The monoisotopic (exact) mass is 367 g/mol. The Morgan fingerprint density at radius 3 is 2.64 bits per heavy atom. The molecule has 3 aromatic carbocycles. The first-order chi connectivity index (χ1) is 13.7. The van der Waals surface area contributed by atoms with Crippen molar-refractivity contribution < 1.29 is 4.74 Å². The number of ether oxygens (including phenoxy) is 1. The summed E-state index contributed by atoms with van der Waals surface area (Å²) in [6, 6.07) is 21.7. The average molecular weight is 367 g/mol. The standard InChI is InChI=1S/C26H25NO/c1-3-28-20-12-9-19(10-13-20)25-22-14-8-17(2)16-24(22)27-23-15-11-18-6-4-5-7-21(18)26(23)25/h4-7,9-13,15,17H,3,8,14,16H2,1-2H3. The van der Waals surface area contributed by atoms with E-state index in [1.807, 2.05) is 6.92 Å². The van der Waals surface area contributed by atoms with Crippen molar-refractivity contribution in [2.75, 3.05) is 6.61 Å². The number of pyridine rings is 1. The van der Waals surface area contributed by atoms with Gasteiger partial charge in [-0.2, -0.15) is 0 Å². The second-order valence-corrected chi connectivity index (χ2v) is 7.90. The van der Waals surface area contributed by atoms with Crippen molar-refractivity contribution in [3.8, 4) is 16.9 Å². The maximum Gasteiger partial charge on any atom is 0.119 e. The lowest BCUT2D eigenvalue weighted by atomic mass is 9.82. The third-order valence-electron chi connectivity index (χ3n) is 5.95. The zero-order chi connectivity index (χ0) is 19.1. The molecule has 0 spiro atoms. The summed E-state index contributed by atoms with van der Waals surface area (Å²) in [6.07, 6.45) is 3.41. The molecule has 0 aliphatic heterocycles. The van der Waals surface area contributed by atoms with Gasteiger partial charge in [-0.3, -0.25) is 4.98 Å². The first kappa shape index (κ1) is 17.2. The number of benzene rings is 3. The fourth-order valence-electron chi connectivity index (χ4n) is 4.59. The van der Waals surface area contributed by atoms with E-state index < -0.39 is 0 Å². The molecule has 1 unspecified atom stereocenters. The van der Waals surface area contributed by atoms with Crippen molar-refractivity contribution >= 4 is 21.7 Å². The van der Waals surface area contributed by atoms with Crippen LogP contribution in [0.1, 0.15) is 31.5 Å². The normalized spacial score (nSPS) is 16.3. The van der Waals surface area contributed by atoms with E-state index in [0.717, 1.165) is 24.1 Å². The Labute approximate surface area is 166 Å². The van der Waals surface area contributed by atoms with E-state index in [9.17, 15) is 0 Å². The molecule has 1 aromatic heterocycles. The van der Waals surface area contributed by atoms with Gasteiger partial charge in [0.1, 0.15) is 5.75 Å². The number of hydrogen-bond donors (Lipinski definition) is 0. The van der Waals surface area contributed by atoms with Crippen molar-refractivity contribution in [1.29, 1.82) is 0 Å². The van der Waals surface area contributed by atoms with Crippen LogP contribution in [0.3, 0.4) is 0 Å².